The van der Waals surface area contributed by atoms with Gasteiger partial charge in [-0.1, -0.05) is 5.16 Å². The Bertz CT molecular complexity index is 861. The van der Waals surface area contributed by atoms with E-state index in [1.807, 2.05) is 49.1 Å². The van der Waals surface area contributed by atoms with Crippen LogP contribution in [0.3, 0.4) is 0 Å². The van der Waals surface area contributed by atoms with Gasteiger partial charge in [-0.3, -0.25) is 4.79 Å². The third-order valence-electron chi connectivity index (χ3n) is 4.28. The summed E-state index contributed by atoms with van der Waals surface area (Å²) >= 11 is 0. The zero-order valence-corrected chi connectivity index (χ0v) is 13.5. The van der Waals surface area contributed by atoms with Gasteiger partial charge in [-0.15, -0.1) is 0 Å². The van der Waals surface area contributed by atoms with Crippen molar-refractivity contribution in [3.8, 4) is 5.69 Å². The van der Waals surface area contributed by atoms with Crippen LogP contribution in [0.4, 0.5) is 0 Å². The molecule has 1 amide bonds. The van der Waals surface area contributed by atoms with Crippen molar-refractivity contribution < 1.29 is 9.32 Å². The van der Waals surface area contributed by atoms with Gasteiger partial charge in [0, 0.05) is 30.6 Å². The zero-order valence-electron chi connectivity index (χ0n) is 13.5. The SMILES string of the molecule is Cc1nc(C)n(-c2ccc(C(=O)N3CC(c4ccon4)C3)cc2)n1. The molecule has 4 rings (SSSR count). The monoisotopic (exact) mass is 323 g/mol. The second kappa shape index (κ2) is 5.59. The minimum absolute atomic E-state index is 0.0350. The lowest BCUT2D eigenvalue weighted by Crippen LogP contribution is -2.48. The van der Waals surface area contributed by atoms with E-state index < -0.39 is 0 Å². The lowest BCUT2D eigenvalue weighted by atomic mass is 9.95. The second-order valence-corrected chi connectivity index (χ2v) is 6.00. The van der Waals surface area contributed by atoms with Crippen LogP contribution in [0.5, 0.6) is 0 Å². The van der Waals surface area contributed by atoms with Gasteiger partial charge < -0.3 is 9.42 Å². The molecule has 0 spiro atoms. The van der Waals surface area contributed by atoms with Crippen molar-refractivity contribution in [2.24, 2.45) is 0 Å². The highest BCUT2D eigenvalue weighted by molar-refractivity contribution is 5.95. The number of rotatable bonds is 3. The molecule has 0 radical (unpaired) electrons. The summed E-state index contributed by atoms with van der Waals surface area (Å²) in [6.45, 7) is 5.11. The summed E-state index contributed by atoms with van der Waals surface area (Å²) in [4.78, 5) is 18.6. The van der Waals surface area contributed by atoms with Crippen molar-refractivity contribution in [2.45, 2.75) is 19.8 Å². The first-order chi connectivity index (χ1) is 11.6. The molecule has 0 atom stereocenters. The molecule has 0 bridgehead atoms. The first-order valence-electron chi connectivity index (χ1n) is 7.82. The average molecular weight is 323 g/mol. The maximum atomic E-state index is 12.5. The van der Waals surface area contributed by atoms with Crippen LogP contribution in [0.15, 0.2) is 41.1 Å². The Labute approximate surface area is 138 Å². The Hall–Kier alpha value is -2.96. The van der Waals surface area contributed by atoms with Gasteiger partial charge in [-0.25, -0.2) is 9.67 Å². The third kappa shape index (κ3) is 2.47. The molecule has 1 aromatic carbocycles. The van der Waals surface area contributed by atoms with Crippen LogP contribution in [0, 0.1) is 13.8 Å². The molecule has 1 aliphatic heterocycles. The van der Waals surface area contributed by atoms with Gasteiger partial charge in [-0.05, 0) is 38.1 Å². The molecule has 0 aliphatic carbocycles. The van der Waals surface area contributed by atoms with E-state index in [0.717, 1.165) is 23.0 Å². The summed E-state index contributed by atoms with van der Waals surface area (Å²) < 4.78 is 6.62. The molecule has 3 aromatic rings. The molecule has 0 N–H and O–H groups in total. The Morgan fingerprint density at radius 3 is 2.50 bits per heavy atom. The number of nitrogens with zero attached hydrogens (tertiary/aromatic N) is 5. The highest BCUT2D eigenvalue weighted by Crippen LogP contribution is 2.27. The lowest BCUT2D eigenvalue weighted by molar-refractivity contribution is 0.0595. The quantitative estimate of drug-likeness (QED) is 0.738. The number of likely N-dealkylation sites (tertiary alicyclic amines) is 1. The minimum Gasteiger partial charge on any atom is -0.364 e. The Kier molecular flexibility index (Phi) is 3.41. The van der Waals surface area contributed by atoms with Crippen LogP contribution >= 0.6 is 0 Å². The summed E-state index contributed by atoms with van der Waals surface area (Å²) in [5, 5.41) is 8.28. The second-order valence-electron chi connectivity index (χ2n) is 6.00. The molecule has 3 heterocycles. The van der Waals surface area contributed by atoms with Crippen molar-refractivity contribution in [2.75, 3.05) is 13.1 Å². The van der Waals surface area contributed by atoms with Crippen molar-refractivity contribution in [1.29, 1.82) is 0 Å². The van der Waals surface area contributed by atoms with Crippen molar-refractivity contribution in [3.63, 3.8) is 0 Å². The maximum Gasteiger partial charge on any atom is 0.253 e. The summed E-state index contributed by atoms with van der Waals surface area (Å²) in [6.07, 6.45) is 1.56. The van der Waals surface area contributed by atoms with Crippen LogP contribution < -0.4 is 0 Å². The highest BCUT2D eigenvalue weighted by Gasteiger charge is 2.33. The number of amides is 1. The fourth-order valence-electron chi connectivity index (χ4n) is 2.96. The van der Waals surface area contributed by atoms with Gasteiger partial charge in [0.2, 0.25) is 0 Å². The summed E-state index contributed by atoms with van der Waals surface area (Å²) in [7, 11) is 0. The number of aryl methyl sites for hydroxylation is 2. The number of carbonyl (C=O) groups is 1. The molecule has 122 valence electrons. The van der Waals surface area contributed by atoms with Crippen LogP contribution in [-0.2, 0) is 0 Å². The number of hydrogen-bond acceptors (Lipinski definition) is 5. The molecule has 1 aliphatic rings. The average Bonchev–Trinajstić information content (AvgIpc) is 3.16. The van der Waals surface area contributed by atoms with Gasteiger partial charge in [0.05, 0.1) is 11.4 Å². The highest BCUT2D eigenvalue weighted by atomic mass is 16.5. The summed E-state index contributed by atoms with van der Waals surface area (Å²) in [6, 6.07) is 9.30. The van der Waals surface area contributed by atoms with Gasteiger partial charge in [0.25, 0.3) is 5.91 Å². The molecule has 1 saturated heterocycles. The first kappa shape index (κ1) is 14.6. The van der Waals surface area contributed by atoms with Crippen molar-refractivity contribution in [3.05, 3.63) is 59.5 Å². The van der Waals surface area contributed by atoms with Crippen LogP contribution in [0.1, 0.15) is 33.6 Å². The molecule has 0 unspecified atom stereocenters. The fraction of sp³-hybridized carbons (Fsp3) is 0.294. The van der Waals surface area contributed by atoms with Crippen LogP contribution in [-0.4, -0.2) is 43.8 Å². The third-order valence-corrected chi connectivity index (χ3v) is 4.28. The van der Waals surface area contributed by atoms with Gasteiger partial charge in [-0.2, -0.15) is 5.10 Å². The molecule has 24 heavy (non-hydrogen) atoms. The largest absolute Gasteiger partial charge is 0.364 e. The minimum atomic E-state index is 0.0350. The normalized spacial score (nSPS) is 14.7. The number of aromatic nitrogens is 4. The van der Waals surface area contributed by atoms with E-state index >= 15 is 0 Å². The Balaban J connectivity index is 1.45. The van der Waals surface area contributed by atoms with Gasteiger partial charge in [0.15, 0.2) is 0 Å². The van der Waals surface area contributed by atoms with E-state index in [-0.39, 0.29) is 11.8 Å². The molecule has 7 heteroatoms. The molecule has 1 fully saturated rings. The van der Waals surface area contributed by atoms with E-state index in [9.17, 15) is 4.79 Å². The van der Waals surface area contributed by atoms with Gasteiger partial charge in [0.1, 0.15) is 17.9 Å². The lowest BCUT2D eigenvalue weighted by Gasteiger charge is -2.38. The van der Waals surface area contributed by atoms with E-state index in [1.165, 1.54) is 0 Å². The molecule has 7 nitrogen and oxygen atoms in total. The van der Waals surface area contributed by atoms with E-state index in [1.54, 1.807) is 10.9 Å². The number of benzene rings is 1. The smallest absolute Gasteiger partial charge is 0.253 e. The topological polar surface area (TPSA) is 77.0 Å². The Morgan fingerprint density at radius 1 is 1.17 bits per heavy atom. The molecular weight excluding hydrogens is 306 g/mol. The molecule has 2 aromatic heterocycles. The standard InChI is InChI=1S/C17H17N5O2/c1-11-18-12(2)22(19-11)15-5-3-13(4-6-15)17(23)21-9-14(10-21)16-7-8-24-20-16/h3-8,14H,9-10H2,1-2H3. The zero-order chi connectivity index (χ0) is 16.7. The molecular formula is C17H17N5O2. The predicted octanol–water partition coefficient (Wildman–Crippen LogP) is 2.11. The van der Waals surface area contributed by atoms with Gasteiger partial charge >= 0.3 is 0 Å². The number of carbonyl (C=O) groups excluding carboxylic acids is 1. The molecule has 0 saturated carbocycles. The van der Waals surface area contributed by atoms with Crippen LogP contribution in [0.25, 0.3) is 5.69 Å². The van der Waals surface area contributed by atoms with Crippen molar-refractivity contribution in [1.82, 2.24) is 24.8 Å². The first-order valence-corrected chi connectivity index (χ1v) is 7.82. The van der Waals surface area contributed by atoms with E-state index in [4.69, 9.17) is 4.52 Å². The fourth-order valence-corrected chi connectivity index (χ4v) is 2.96. The number of hydrogen-bond donors (Lipinski definition) is 0. The predicted molar refractivity (Wildman–Crippen MR) is 86.0 cm³/mol. The Morgan fingerprint density at radius 2 is 1.92 bits per heavy atom. The maximum absolute atomic E-state index is 12.5. The summed E-state index contributed by atoms with van der Waals surface area (Å²) in [5.74, 6) is 1.86. The van der Waals surface area contributed by atoms with E-state index in [2.05, 4.69) is 15.2 Å². The van der Waals surface area contributed by atoms with E-state index in [0.29, 0.717) is 18.7 Å². The van der Waals surface area contributed by atoms with Crippen molar-refractivity contribution >= 4 is 5.91 Å². The van der Waals surface area contributed by atoms with Crippen LogP contribution in [0.2, 0.25) is 0 Å². The summed E-state index contributed by atoms with van der Waals surface area (Å²) in [5.41, 5.74) is 2.48.